The highest BCUT2D eigenvalue weighted by Gasteiger charge is 2.33. The minimum atomic E-state index is -1.20. The summed E-state index contributed by atoms with van der Waals surface area (Å²) in [5, 5.41) is 17.1. The Bertz CT molecular complexity index is 1610. The van der Waals surface area contributed by atoms with Gasteiger partial charge in [-0.3, -0.25) is 14.5 Å². The van der Waals surface area contributed by atoms with E-state index in [-0.39, 0.29) is 13.1 Å². The van der Waals surface area contributed by atoms with Crippen LogP contribution in [0.25, 0.3) is 10.7 Å². The molecule has 12 heteroatoms. The van der Waals surface area contributed by atoms with E-state index in [1.807, 2.05) is 17.5 Å². The van der Waals surface area contributed by atoms with Gasteiger partial charge in [-0.2, -0.15) is 4.80 Å². The first-order chi connectivity index (χ1) is 19.9. The normalized spacial score (nSPS) is 11.6. The van der Waals surface area contributed by atoms with Crippen molar-refractivity contribution in [2.45, 2.75) is 19.1 Å². The molecule has 0 radical (unpaired) electrons. The van der Waals surface area contributed by atoms with Gasteiger partial charge >= 0.3 is 0 Å². The Morgan fingerprint density at radius 1 is 0.976 bits per heavy atom. The molecule has 1 atom stereocenters. The minimum Gasteiger partial charge on any atom is -0.497 e. The molecule has 9 nitrogen and oxygen atoms in total. The molecule has 0 aliphatic carbocycles. The van der Waals surface area contributed by atoms with Crippen LogP contribution < -0.4 is 15.0 Å². The van der Waals surface area contributed by atoms with Gasteiger partial charge in [0.15, 0.2) is 0 Å². The van der Waals surface area contributed by atoms with E-state index in [0.29, 0.717) is 28.4 Å². The number of hydrogen-bond donors (Lipinski definition) is 1. The number of nitrogens with one attached hydrogen (secondary N) is 1. The van der Waals surface area contributed by atoms with Crippen LogP contribution >= 0.6 is 11.3 Å². The lowest BCUT2D eigenvalue weighted by Gasteiger charge is -2.31. The summed E-state index contributed by atoms with van der Waals surface area (Å²) in [5.41, 5.74) is 1.42. The second kappa shape index (κ2) is 12.5. The first-order valence-electron chi connectivity index (χ1n) is 12.5. The Morgan fingerprint density at radius 2 is 1.66 bits per heavy atom. The number of amides is 2. The highest BCUT2D eigenvalue weighted by Crippen LogP contribution is 2.30. The summed E-state index contributed by atoms with van der Waals surface area (Å²) in [7, 11) is 1.52. The summed E-state index contributed by atoms with van der Waals surface area (Å²) < 4.78 is 32.5. The van der Waals surface area contributed by atoms with Crippen molar-refractivity contribution in [1.29, 1.82) is 0 Å². The molecule has 0 aliphatic rings. The van der Waals surface area contributed by atoms with Crippen LogP contribution in [0.2, 0.25) is 0 Å². The zero-order valence-corrected chi connectivity index (χ0v) is 22.6. The zero-order chi connectivity index (χ0) is 28.8. The summed E-state index contributed by atoms with van der Waals surface area (Å²) in [6.07, 6.45) is 0. The molecular weight excluding hydrogens is 550 g/mol. The number of hydrogen-bond acceptors (Lipinski definition) is 7. The minimum absolute atomic E-state index is 0.0796. The molecular formula is C29H24F2N6O3S. The molecule has 0 saturated heterocycles. The largest absolute Gasteiger partial charge is 0.497 e. The molecule has 2 aromatic heterocycles. The fourth-order valence-corrected chi connectivity index (χ4v) is 4.79. The Labute approximate surface area is 238 Å². The number of nitrogens with zero attached hydrogens (tertiary/aromatic N) is 5. The molecule has 1 N–H and O–H groups in total. The molecule has 2 amide bonds. The molecule has 5 aromatic rings. The van der Waals surface area contributed by atoms with Crippen molar-refractivity contribution in [3.63, 3.8) is 0 Å². The maximum Gasteiger partial charge on any atom is 0.251 e. The van der Waals surface area contributed by atoms with Crippen LogP contribution in [0.4, 0.5) is 14.5 Å². The lowest BCUT2D eigenvalue weighted by atomic mass is 10.0. The number of carbonyl (C=O) groups is 2. The van der Waals surface area contributed by atoms with Crippen LogP contribution in [-0.2, 0) is 22.7 Å². The molecule has 41 heavy (non-hydrogen) atoms. The standard InChI is InChI=1S/C29H24F2N6O3S/c1-40-24-14-12-23(13-15-24)37(26(38)18-36-34-28(33-35-36)25-3-2-16-41-25)27(20-6-10-22(31)11-7-20)29(39)32-17-19-4-8-21(30)9-5-19/h2-16,27H,17-18H2,1H3,(H,32,39)/t27-/m0/s1. The van der Waals surface area contributed by atoms with Crippen molar-refractivity contribution in [3.8, 4) is 16.5 Å². The topological polar surface area (TPSA) is 102 Å². The number of thiophene rings is 1. The van der Waals surface area contributed by atoms with E-state index >= 15 is 0 Å². The van der Waals surface area contributed by atoms with Crippen LogP contribution in [0.5, 0.6) is 5.75 Å². The van der Waals surface area contributed by atoms with E-state index in [0.717, 1.165) is 9.67 Å². The van der Waals surface area contributed by atoms with Crippen molar-refractivity contribution in [3.05, 3.63) is 113 Å². The lowest BCUT2D eigenvalue weighted by Crippen LogP contribution is -2.45. The third-order valence-electron chi connectivity index (χ3n) is 6.16. The van der Waals surface area contributed by atoms with E-state index in [1.165, 1.54) is 59.7 Å². The molecule has 2 heterocycles. The Kier molecular flexibility index (Phi) is 8.39. The number of aromatic nitrogens is 4. The fraction of sp³-hybridized carbons (Fsp3) is 0.138. The van der Waals surface area contributed by atoms with Crippen LogP contribution in [0.1, 0.15) is 17.2 Å². The zero-order valence-electron chi connectivity index (χ0n) is 21.8. The summed E-state index contributed by atoms with van der Waals surface area (Å²) in [6, 6.07) is 20.1. The fourth-order valence-electron chi connectivity index (χ4n) is 4.14. The van der Waals surface area contributed by atoms with Crippen LogP contribution in [0, 0.1) is 11.6 Å². The predicted octanol–water partition coefficient (Wildman–Crippen LogP) is 4.78. The van der Waals surface area contributed by atoms with Gasteiger partial charge in [-0.05, 0) is 76.3 Å². The highest BCUT2D eigenvalue weighted by atomic mass is 32.1. The van der Waals surface area contributed by atoms with Crippen LogP contribution in [-0.4, -0.2) is 39.1 Å². The van der Waals surface area contributed by atoms with Gasteiger partial charge < -0.3 is 10.1 Å². The number of methoxy groups -OCH3 is 1. The number of anilines is 1. The van der Waals surface area contributed by atoms with Crippen molar-refractivity contribution >= 4 is 28.8 Å². The van der Waals surface area contributed by atoms with E-state index in [2.05, 4.69) is 20.7 Å². The highest BCUT2D eigenvalue weighted by molar-refractivity contribution is 7.13. The number of ether oxygens (including phenoxy) is 1. The average Bonchev–Trinajstić information content (AvgIpc) is 3.69. The van der Waals surface area contributed by atoms with Gasteiger partial charge in [0.2, 0.25) is 11.7 Å². The number of carbonyl (C=O) groups excluding carboxylic acids is 2. The third kappa shape index (κ3) is 6.61. The van der Waals surface area contributed by atoms with Gasteiger partial charge in [0.05, 0.1) is 12.0 Å². The van der Waals surface area contributed by atoms with Crippen LogP contribution in [0.15, 0.2) is 90.3 Å². The van der Waals surface area contributed by atoms with Crippen molar-refractivity contribution in [1.82, 2.24) is 25.5 Å². The van der Waals surface area contributed by atoms with E-state index in [4.69, 9.17) is 4.74 Å². The summed E-state index contributed by atoms with van der Waals surface area (Å²) in [4.78, 5) is 31.0. The van der Waals surface area contributed by atoms with Crippen molar-refractivity contribution in [2.24, 2.45) is 0 Å². The summed E-state index contributed by atoms with van der Waals surface area (Å²) >= 11 is 1.44. The molecule has 208 valence electrons. The SMILES string of the molecule is COc1ccc(N(C(=O)Cn2nnc(-c3cccs3)n2)[C@H](C(=O)NCc2ccc(F)cc2)c2ccc(F)cc2)cc1. The second-order valence-electron chi connectivity index (χ2n) is 8.88. The van der Waals surface area contributed by atoms with Gasteiger partial charge in [0.25, 0.3) is 5.91 Å². The average molecular weight is 575 g/mol. The molecule has 0 bridgehead atoms. The lowest BCUT2D eigenvalue weighted by molar-refractivity contribution is -0.127. The number of halogens is 2. The Morgan fingerprint density at radius 3 is 2.29 bits per heavy atom. The summed E-state index contributed by atoms with van der Waals surface area (Å²) in [5.74, 6) is -1.01. The maximum absolute atomic E-state index is 13.9. The molecule has 5 rings (SSSR count). The number of tetrazole rings is 1. The molecule has 0 unspecified atom stereocenters. The Balaban J connectivity index is 1.50. The first-order valence-corrected chi connectivity index (χ1v) is 13.3. The Hall–Kier alpha value is -4.97. The number of rotatable bonds is 10. The van der Waals surface area contributed by atoms with E-state index in [9.17, 15) is 18.4 Å². The van der Waals surface area contributed by atoms with Crippen molar-refractivity contribution < 1.29 is 23.1 Å². The molecule has 0 saturated carbocycles. The second-order valence-corrected chi connectivity index (χ2v) is 9.83. The van der Waals surface area contributed by atoms with E-state index in [1.54, 1.807) is 36.4 Å². The third-order valence-corrected chi connectivity index (χ3v) is 7.03. The monoisotopic (exact) mass is 574 g/mol. The quantitative estimate of drug-likeness (QED) is 0.258. The maximum atomic E-state index is 13.9. The van der Waals surface area contributed by atoms with Gasteiger partial charge in [-0.25, -0.2) is 8.78 Å². The summed E-state index contributed by atoms with van der Waals surface area (Å²) in [6.45, 7) is -0.246. The smallest absolute Gasteiger partial charge is 0.251 e. The first kappa shape index (κ1) is 27.6. The van der Waals surface area contributed by atoms with Gasteiger partial charge in [0.1, 0.15) is 30.0 Å². The molecule has 0 spiro atoms. The number of benzene rings is 3. The van der Waals surface area contributed by atoms with Gasteiger partial charge in [-0.15, -0.1) is 21.5 Å². The van der Waals surface area contributed by atoms with Crippen LogP contribution in [0.3, 0.4) is 0 Å². The predicted molar refractivity (Wildman–Crippen MR) is 149 cm³/mol. The van der Waals surface area contributed by atoms with Gasteiger partial charge in [0, 0.05) is 12.2 Å². The van der Waals surface area contributed by atoms with E-state index < -0.39 is 29.5 Å². The van der Waals surface area contributed by atoms with Gasteiger partial charge in [-0.1, -0.05) is 30.3 Å². The molecule has 3 aromatic carbocycles. The molecule has 0 fully saturated rings. The molecule has 0 aliphatic heterocycles. The van der Waals surface area contributed by atoms with Crippen molar-refractivity contribution in [2.75, 3.05) is 12.0 Å².